The van der Waals surface area contributed by atoms with Crippen LogP contribution in [0.25, 0.3) is 0 Å². The van der Waals surface area contributed by atoms with Crippen molar-refractivity contribution in [3.05, 3.63) is 22.2 Å². The predicted octanol–water partition coefficient (Wildman–Crippen LogP) is 3.67. The molecule has 0 aromatic heterocycles. The monoisotopic (exact) mass is 426 g/mol. The summed E-state index contributed by atoms with van der Waals surface area (Å²) in [5.41, 5.74) is 1.27. The Bertz CT molecular complexity index is 509. The molecule has 1 saturated carbocycles. The Balaban J connectivity index is 0.00000132. The number of ether oxygens (including phenoxy) is 2. The lowest BCUT2D eigenvalue weighted by Crippen LogP contribution is -2.45. The maximum absolute atomic E-state index is 5.65. The van der Waals surface area contributed by atoms with E-state index in [-0.39, 0.29) is 24.8 Å². The maximum Gasteiger partial charge on any atom is 0.133 e. The Morgan fingerprint density at radius 3 is 2.22 bits per heavy atom. The molecule has 0 unspecified atom stereocenters. The fourth-order valence-corrected chi connectivity index (χ4v) is 3.72. The van der Waals surface area contributed by atoms with Gasteiger partial charge in [0.1, 0.15) is 11.5 Å². The highest BCUT2D eigenvalue weighted by atomic mass is 79.9. The molecule has 0 bridgehead atoms. The lowest BCUT2D eigenvalue weighted by molar-refractivity contribution is 0.153. The Morgan fingerprint density at radius 2 is 1.70 bits per heavy atom. The number of hydrogen-bond donors (Lipinski definition) is 1. The molecule has 0 amide bonds. The van der Waals surface area contributed by atoms with Crippen molar-refractivity contribution in [2.45, 2.75) is 18.9 Å². The second-order valence-electron chi connectivity index (χ2n) is 5.80. The molecule has 1 atom stereocenters. The summed E-state index contributed by atoms with van der Waals surface area (Å²) in [7, 11) is 3.47. The summed E-state index contributed by atoms with van der Waals surface area (Å²) in [6.45, 7) is 4.34. The standard InChI is InChI=1S/C16H23BrN2O2.2ClH/c1-20-14-10-13(17)15(21-2)9-12(14)16(11-3-4-11)19-7-5-18-6-8-19;;/h9-11,16,18H,3-8H2,1-2H3;2*1H/t16-;;/m1../s1. The number of halogens is 3. The number of piperazine rings is 1. The number of hydrogen-bond acceptors (Lipinski definition) is 4. The fraction of sp³-hybridized carbons (Fsp3) is 0.625. The van der Waals surface area contributed by atoms with E-state index in [1.165, 1.54) is 18.4 Å². The van der Waals surface area contributed by atoms with Crippen LogP contribution in [0.15, 0.2) is 16.6 Å². The van der Waals surface area contributed by atoms with Crippen LogP contribution in [0.3, 0.4) is 0 Å². The van der Waals surface area contributed by atoms with Gasteiger partial charge in [-0.1, -0.05) is 0 Å². The lowest BCUT2D eigenvalue weighted by Gasteiger charge is -2.36. The largest absolute Gasteiger partial charge is 0.496 e. The van der Waals surface area contributed by atoms with E-state index in [4.69, 9.17) is 9.47 Å². The minimum atomic E-state index is 0. The first kappa shape index (κ1) is 20.8. The molecular formula is C16H25BrCl2N2O2. The molecule has 0 radical (unpaired) electrons. The van der Waals surface area contributed by atoms with Crippen LogP contribution in [-0.2, 0) is 0 Å². The van der Waals surface area contributed by atoms with E-state index in [0.717, 1.165) is 48.1 Å². The first-order valence-corrected chi connectivity index (χ1v) is 8.40. The van der Waals surface area contributed by atoms with Crippen LogP contribution >= 0.6 is 40.7 Å². The molecule has 2 fully saturated rings. The third-order valence-electron chi connectivity index (χ3n) is 4.44. The molecule has 3 rings (SSSR count). The average Bonchev–Trinajstić information content (AvgIpc) is 3.34. The summed E-state index contributed by atoms with van der Waals surface area (Å²) < 4.78 is 12.1. The Kier molecular flexibility index (Phi) is 8.45. The van der Waals surface area contributed by atoms with Crippen LogP contribution in [0.2, 0.25) is 0 Å². The van der Waals surface area contributed by atoms with Crippen LogP contribution < -0.4 is 14.8 Å². The van der Waals surface area contributed by atoms with Crippen molar-refractivity contribution in [2.24, 2.45) is 5.92 Å². The number of benzene rings is 1. The third kappa shape index (κ3) is 4.67. The van der Waals surface area contributed by atoms with Gasteiger partial charge in [-0.05, 0) is 46.8 Å². The third-order valence-corrected chi connectivity index (χ3v) is 5.06. The molecule has 1 aromatic carbocycles. The van der Waals surface area contributed by atoms with Crippen molar-refractivity contribution in [1.29, 1.82) is 0 Å². The van der Waals surface area contributed by atoms with Gasteiger partial charge < -0.3 is 14.8 Å². The molecule has 1 saturated heterocycles. The van der Waals surface area contributed by atoms with E-state index in [9.17, 15) is 0 Å². The normalized spacial score (nSPS) is 19.3. The number of nitrogens with zero attached hydrogens (tertiary/aromatic N) is 1. The van der Waals surface area contributed by atoms with E-state index in [1.54, 1.807) is 14.2 Å². The van der Waals surface area contributed by atoms with Crippen LogP contribution in [-0.4, -0.2) is 45.3 Å². The molecule has 4 nitrogen and oxygen atoms in total. The van der Waals surface area contributed by atoms with E-state index in [0.29, 0.717) is 6.04 Å². The predicted molar refractivity (Wildman–Crippen MR) is 102 cm³/mol. The Morgan fingerprint density at radius 1 is 1.09 bits per heavy atom. The van der Waals surface area contributed by atoms with Gasteiger partial charge >= 0.3 is 0 Å². The first-order chi connectivity index (χ1) is 10.2. The van der Waals surface area contributed by atoms with Gasteiger partial charge in [-0.3, -0.25) is 4.90 Å². The smallest absolute Gasteiger partial charge is 0.133 e. The maximum atomic E-state index is 5.65. The molecule has 1 heterocycles. The Labute approximate surface area is 159 Å². The van der Waals surface area contributed by atoms with Crippen LogP contribution in [0, 0.1) is 5.92 Å². The van der Waals surface area contributed by atoms with Crippen LogP contribution in [0.4, 0.5) is 0 Å². The zero-order valence-electron chi connectivity index (χ0n) is 13.5. The topological polar surface area (TPSA) is 33.7 Å². The molecule has 23 heavy (non-hydrogen) atoms. The zero-order valence-corrected chi connectivity index (χ0v) is 16.7. The van der Waals surface area contributed by atoms with Crippen LogP contribution in [0.5, 0.6) is 11.5 Å². The summed E-state index contributed by atoms with van der Waals surface area (Å²) in [6.07, 6.45) is 2.63. The summed E-state index contributed by atoms with van der Waals surface area (Å²) in [6, 6.07) is 4.63. The highest BCUT2D eigenvalue weighted by Crippen LogP contribution is 2.48. The van der Waals surface area contributed by atoms with E-state index in [2.05, 4.69) is 32.2 Å². The molecule has 1 aliphatic heterocycles. The number of rotatable bonds is 5. The van der Waals surface area contributed by atoms with Gasteiger partial charge in [-0.2, -0.15) is 0 Å². The minimum absolute atomic E-state index is 0. The molecule has 1 aliphatic carbocycles. The van der Waals surface area contributed by atoms with Gasteiger partial charge in [0, 0.05) is 37.8 Å². The molecule has 132 valence electrons. The molecule has 2 aliphatic rings. The molecule has 1 aromatic rings. The first-order valence-electron chi connectivity index (χ1n) is 7.60. The van der Waals surface area contributed by atoms with Crippen molar-refractivity contribution >= 4 is 40.7 Å². The zero-order chi connectivity index (χ0) is 14.8. The number of methoxy groups -OCH3 is 2. The molecule has 1 N–H and O–H groups in total. The minimum Gasteiger partial charge on any atom is -0.496 e. The van der Waals surface area contributed by atoms with Gasteiger partial charge in [-0.15, -0.1) is 24.8 Å². The van der Waals surface area contributed by atoms with Gasteiger partial charge in [-0.25, -0.2) is 0 Å². The summed E-state index contributed by atoms with van der Waals surface area (Å²) in [5.74, 6) is 2.59. The van der Waals surface area contributed by atoms with Crippen LogP contribution in [0.1, 0.15) is 24.4 Å². The quantitative estimate of drug-likeness (QED) is 0.777. The summed E-state index contributed by atoms with van der Waals surface area (Å²) >= 11 is 3.55. The highest BCUT2D eigenvalue weighted by molar-refractivity contribution is 9.10. The highest BCUT2D eigenvalue weighted by Gasteiger charge is 2.38. The van der Waals surface area contributed by atoms with E-state index >= 15 is 0 Å². The van der Waals surface area contributed by atoms with Gasteiger partial charge in [0.15, 0.2) is 0 Å². The Hall–Kier alpha value is -0.200. The van der Waals surface area contributed by atoms with Gasteiger partial charge in [0.2, 0.25) is 0 Å². The van der Waals surface area contributed by atoms with E-state index in [1.807, 2.05) is 6.07 Å². The van der Waals surface area contributed by atoms with Crippen molar-refractivity contribution in [3.63, 3.8) is 0 Å². The van der Waals surface area contributed by atoms with Gasteiger partial charge in [0.25, 0.3) is 0 Å². The van der Waals surface area contributed by atoms with Crippen molar-refractivity contribution in [1.82, 2.24) is 10.2 Å². The number of nitrogens with one attached hydrogen (secondary N) is 1. The van der Waals surface area contributed by atoms with Crippen molar-refractivity contribution < 1.29 is 9.47 Å². The van der Waals surface area contributed by atoms with E-state index < -0.39 is 0 Å². The second kappa shape index (κ2) is 9.33. The SMILES string of the molecule is COc1cc([C@@H](C2CC2)N2CCNCC2)c(OC)cc1Br.Cl.Cl. The molecule has 0 spiro atoms. The molecular weight excluding hydrogens is 403 g/mol. The molecule has 7 heteroatoms. The van der Waals surface area contributed by atoms with Gasteiger partial charge in [0.05, 0.1) is 18.7 Å². The lowest BCUT2D eigenvalue weighted by atomic mass is 9.98. The second-order valence-corrected chi connectivity index (χ2v) is 6.65. The van der Waals surface area contributed by atoms with Crippen molar-refractivity contribution in [2.75, 3.05) is 40.4 Å². The fourth-order valence-electron chi connectivity index (χ4n) is 3.24. The summed E-state index contributed by atoms with van der Waals surface area (Å²) in [5, 5.41) is 3.44. The van der Waals surface area contributed by atoms with Crippen molar-refractivity contribution in [3.8, 4) is 11.5 Å². The summed E-state index contributed by atoms with van der Waals surface area (Å²) in [4.78, 5) is 2.60. The average molecular weight is 428 g/mol.